The summed E-state index contributed by atoms with van der Waals surface area (Å²) in [5.41, 5.74) is 0.825. The van der Waals surface area contributed by atoms with Gasteiger partial charge in [-0.2, -0.15) is 22.8 Å². The van der Waals surface area contributed by atoms with Gasteiger partial charge in [0.1, 0.15) is 5.82 Å². The van der Waals surface area contributed by atoms with E-state index in [2.05, 4.69) is 10.1 Å². The molecular weight excluding hydrogens is 350 g/mol. The van der Waals surface area contributed by atoms with Crippen LogP contribution >= 0.6 is 0 Å². The molecule has 0 amide bonds. The van der Waals surface area contributed by atoms with Crippen molar-refractivity contribution >= 4 is 11.2 Å². The fourth-order valence-corrected chi connectivity index (χ4v) is 2.83. The highest BCUT2D eigenvalue weighted by Gasteiger charge is 2.31. The summed E-state index contributed by atoms with van der Waals surface area (Å²) in [6.45, 7) is 0. The van der Waals surface area contributed by atoms with E-state index in [1.54, 1.807) is 24.3 Å². The molecule has 2 heterocycles. The van der Waals surface area contributed by atoms with Crippen LogP contribution in [0, 0.1) is 5.82 Å². The number of benzene rings is 1. The molecule has 4 nitrogen and oxygen atoms in total. The van der Waals surface area contributed by atoms with Gasteiger partial charge in [0.15, 0.2) is 5.65 Å². The van der Waals surface area contributed by atoms with Gasteiger partial charge in [0.2, 0.25) is 5.88 Å². The zero-order valence-electron chi connectivity index (χ0n) is 13.1. The van der Waals surface area contributed by atoms with E-state index in [9.17, 15) is 22.7 Å². The van der Waals surface area contributed by atoms with E-state index in [-0.39, 0.29) is 23.4 Å². The number of hydrogen-bond donors (Lipinski definition) is 1. The van der Waals surface area contributed by atoms with Crippen LogP contribution in [0.5, 0.6) is 5.88 Å². The minimum absolute atomic E-state index is 0.0751. The molecule has 1 aliphatic rings. The molecule has 0 spiro atoms. The zero-order chi connectivity index (χ0) is 18.5. The molecule has 1 aliphatic carbocycles. The van der Waals surface area contributed by atoms with Crippen molar-refractivity contribution in [1.29, 1.82) is 0 Å². The van der Waals surface area contributed by atoms with Crippen LogP contribution in [0.2, 0.25) is 0 Å². The molecular formula is C18H11F4N3O. The minimum Gasteiger partial charge on any atom is -0.493 e. The normalized spacial score (nSPS) is 13.8. The van der Waals surface area contributed by atoms with Gasteiger partial charge in [0.05, 0.1) is 17.5 Å². The Morgan fingerprint density at radius 1 is 1.15 bits per heavy atom. The summed E-state index contributed by atoms with van der Waals surface area (Å²) in [5.74, 6) is -1.24. The summed E-state index contributed by atoms with van der Waals surface area (Å²) in [7, 11) is 0. The van der Waals surface area contributed by atoms with Gasteiger partial charge < -0.3 is 5.11 Å². The highest BCUT2D eigenvalue weighted by Crippen LogP contribution is 2.34. The van der Waals surface area contributed by atoms with Crippen molar-refractivity contribution in [3.8, 4) is 5.88 Å². The average molecular weight is 361 g/mol. The van der Waals surface area contributed by atoms with E-state index in [0.717, 1.165) is 17.7 Å². The second-order valence-electron chi connectivity index (χ2n) is 5.87. The van der Waals surface area contributed by atoms with Gasteiger partial charge in [-0.15, -0.1) is 0 Å². The van der Waals surface area contributed by atoms with Gasteiger partial charge in [-0.25, -0.2) is 9.37 Å². The Kier molecular flexibility index (Phi) is 3.57. The van der Waals surface area contributed by atoms with Gasteiger partial charge in [0, 0.05) is 23.6 Å². The largest absolute Gasteiger partial charge is 0.493 e. The van der Waals surface area contributed by atoms with Crippen LogP contribution in [-0.4, -0.2) is 19.7 Å². The Labute approximate surface area is 144 Å². The van der Waals surface area contributed by atoms with Crippen molar-refractivity contribution in [2.45, 2.75) is 12.6 Å². The smallest absolute Gasteiger partial charge is 0.416 e. The molecule has 0 radical (unpaired) electrons. The first-order chi connectivity index (χ1) is 12.3. The minimum atomic E-state index is -4.66. The number of rotatable bonds is 3. The van der Waals surface area contributed by atoms with Crippen LogP contribution in [0.4, 0.5) is 17.6 Å². The Balaban J connectivity index is 1.85. The van der Waals surface area contributed by atoms with Crippen LogP contribution in [0.1, 0.15) is 22.4 Å². The number of halogens is 4. The first kappa shape index (κ1) is 16.3. The third kappa shape index (κ3) is 2.73. The number of aromatic nitrogens is 3. The summed E-state index contributed by atoms with van der Waals surface area (Å²) in [6, 6.07) is 3.91. The quantitative estimate of drug-likeness (QED) is 0.714. The fourth-order valence-electron chi connectivity index (χ4n) is 2.83. The third-order valence-corrected chi connectivity index (χ3v) is 4.10. The van der Waals surface area contributed by atoms with Crippen molar-refractivity contribution in [2.75, 3.05) is 0 Å². The van der Waals surface area contributed by atoms with Gasteiger partial charge in [0.25, 0.3) is 0 Å². The first-order valence-electron chi connectivity index (χ1n) is 7.64. The standard InChI is InChI=1S/C18H11F4N3O/c19-13-7-10(6-12(9-13)18(20,21)22)8-14-16(11-2-1-3-11)24-15-4-5-23-25(15)17(14)26/h1-7,9,26H,8H2. The van der Waals surface area contributed by atoms with Crippen LogP contribution in [0.25, 0.3) is 11.2 Å². The second kappa shape index (κ2) is 5.69. The van der Waals surface area contributed by atoms with Crippen molar-refractivity contribution in [3.05, 3.63) is 76.9 Å². The number of fused-ring (bicyclic) bond motifs is 1. The van der Waals surface area contributed by atoms with Crippen LogP contribution in [0.3, 0.4) is 0 Å². The van der Waals surface area contributed by atoms with E-state index in [1.165, 1.54) is 10.7 Å². The van der Waals surface area contributed by atoms with Gasteiger partial charge >= 0.3 is 6.18 Å². The maximum absolute atomic E-state index is 13.7. The number of nitrogens with zero attached hydrogens (tertiary/aromatic N) is 3. The topological polar surface area (TPSA) is 50.4 Å². The molecule has 2 aromatic heterocycles. The Morgan fingerprint density at radius 3 is 2.58 bits per heavy atom. The Morgan fingerprint density at radius 2 is 1.92 bits per heavy atom. The molecule has 0 aliphatic heterocycles. The SMILES string of the molecule is Oc1c(Cc2cc(F)cc(C(F)(F)F)c2)c(C2=CC=C2)nc2ccnn12. The van der Waals surface area contributed by atoms with Crippen molar-refractivity contribution in [3.63, 3.8) is 0 Å². The summed E-state index contributed by atoms with van der Waals surface area (Å²) < 4.78 is 53.7. The maximum atomic E-state index is 13.7. The molecule has 8 heteroatoms. The molecule has 26 heavy (non-hydrogen) atoms. The lowest BCUT2D eigenvalue weighted by molar-refractivity contribution is -0.137. The molecule has 1 N–H and O–H groups in total. The first-order valence-corrected chi connectivity index (χ1v) is 7.64. The summed E-state index contributed by atoms with van der Waals surface area (Å²) in [5, 5.41) is 14.5. The van der Waals surface area contributed by atoms with E-state index < -0.39 is 17.6 Å². The van der Waals surface area contributed by atoms with Crippen molar-refractivity contribution in [1.82, 2.24) is 14.6 Å². The lowest BCUT2D eigenvalue weighted by atomic mass is 9.95. The molecule has 3 aromatic rings. The van der Waals surface area contributed by atoms with E-state index in [1.807, 2.05) is 0 Å². The Bertz CT molecular complexity index is 1080. The molecule has 132 valence electrons. The summed E-state index contributed by atoms with van der Waals surface area (Å²) in [4.78, 5) is 4.41. The third-order valence-electron chi connectivity index (χ3n) is 4.10. The lowest BCUT2D eigenvalue weighted by Gasteiger charge is -2.16. The van der Waals surface area contributed by atoms with Gasteiger partial charge in [-0.1, -0.05) is 18.2 Å². The predicted octanol–water partition coefficient (Wildman–Crippen LogP) is 4.14. The van der Waals surface area contributed by atoms with E-state index in [4.69, 9.17) is 0 Å². The van der Waals surface area contributed by atoms with E-state index >= 15 is 0 Å². The second-order valence-corrected chi connectivity index (χ2v) is 5.87. The fraction of sp³-hybridized carbons (Fsp3) is 0.111. The molecule has 4 rings (SSSR count). The predicted molar refractivity (Wildman–Crippen MR) is 86.0 cm³/mol. The van der Waals surface area contributed by atoms with Crippen molar-refractivity contribution in [2.24, 2.45) is 0 Å². The Hall–Kier alpha value is -3.16. The van der Waals surface area contributed by atoms with Crippen molar-refractivity contribution < 1.29 is 22.7 Å². The highest BCUT2D eigenvalue weighted by atomic mass is 19.4. The van der Waals surface area contributed by atoms with Crippen LogP contribution < -0.4 is 0 Å². The molecule has 1 aromatic carbocycles. The molecule has 0 saturated carbocycles. The molecule has 0 bridgehead atoms. The van der Waals surface area contributed by atoms with E-state index in [0.29, 0.717) is 17.4 Å². The molecule has 0 atom stereocenters. The lowest BCUT2D eigenvalue weighted by Crippen LogP contribution is -2.08. The van der Waals surface area contributed by atoms with Crippen LogP contribution in [0.15, 0.2) is 48.7 Å². The summed E-state index contributed by atoms with van der Waals surface area (Å²) >= 11 is 0. The summed E-state index contributed by atoms with van der Waals surface area (Å²) in [6.07, 6.45) is 1.98. The molecule has 0 unspecified atom stereocenters. The zero-order valence-corrected chi connectivity index (χ0v) is 13.1. The molecule has 0 fully saturated rings. The number of hydrogen-bond acceptors (Lipinski definition) is 3. The maximum Gasteiger partial charge on any atom is 0.416 e. The number of alkyl halides is 3. The van der Waals surface area contributed by atoms with Gasteiger partial charge in [-0.3, -0.25) is 0 Å². The molecule has 0 saturated heterocycles. The number of allylic oxidation sites excluding steroid dienone is 4. The van der Waals surface area contributed by atoms with Gasteiger partial charge in [-0.05, 0) is 23.8 Å². The average Bonchev–Trinajstić information content (AvgIpc) is 2.96. The monoisotopic (exact) mass is 361 g/mol. The highest BCUT2D eigenvalue weighted by molar-refractivity contribution is 5.82. The number of aromatic hydroxyl groups is 1. The van der Waals surface area contributed by atoms with Crippen LogP contribution in [-0.2, 0) is 12.6 Å².